The number of rotatable bonds is 4. The van der Waals surface area contributed by atoms with E-state index in [1.807, 2.05) is 0 Å². The summed E-state index contributed by atoms with van der Waals surface area (Å²) < 4.78 is 41.8. The van der Waals surface area contributed by atoms with Gasteiger partial charge in [-0.25, -0.2) is 0 Å². The molecule has 0 aromatic heterocycles. The quantitative estimate of drug-likeness (QED) is 0.897. The number of halogens is 3. The number of benzene rings is 2. The number of anilines is 2. The smallest absolute Gasteiger partial charge is 0.471 e. The summed E-state index contributed by atoms with van der Waals surface area (Å²) in [4.78, 5) is 23.2. The molecule has 0 atom stereocenters. The maximum absolute atomic E-state index is 12.3. The van der Waals surface area contributed by atoms with Crippen molar-refractivity contribution in [2.75, 3.05) is 17.7 Å². The highest BCUT2D eigenvalue weighted by Crippen LogP contribution is 2.22. The molecule has 2 N–H and O–H groups in total. The number of para-hydroxylation sites is 1. The van der Waals surface area contributed by atoms with E-state index in [0.717, 1.165) is 0 Å². The molecule has 2 amide bonds. The summed E-state index contributed by atoms with van der Waals surface area (Å²) in [5.74, 6) is -2.22. The van der Waals surface area contributed by atoms with Gasteiger partial charge in [0.15, 0.2) is 0 Å². The van der Waals surface area contributed by atoms with Gasteiger partial charge in [-0.1, -0.05) is 18.2 Å². The standard InChI is InChI=1S/C16H13F3N2O3/c1-24-13-8-3-2-7-12(13)14(22)20-10-5-4-6-11(9-10)21-15(23)16(17,18)19/h2-9H,1H3,(H,20,22)(H,21,23). The molecule has 2 aromatic rings. The first-order chi connectivity index (χ1) is 11.3. The Morgan fingerprint density at radius 1 is 0.958 bits per heavy atom. The fourth-order valence-corrected chi connectivity index (χ4v) is 1.91. The molecule has 5 nitrogen and oxygen atoms in total. The van der Waals surface area contributed by atoms with Crippen LogP contribution in [0.4, 0.5) is 24.5 Å². The fraction of sp³-hybridized carbons (Fsp3) is 0.125. The van der Waals surface area contributed by atoms with Crippen molar-refractivity contribution in [1.82, 2.24) is 0 Å². The molecule has 2 rings (SSSR count). The molecule has 0 heterocycles. The summed E-state index contributed by atoms with van der Waals surface area (Å²) in [6.45, 7) is 0. The predicted molar refractivity (Wildman–Crippen MR) is 82.1 cm³/mol. The first-order valence-corrected chi connectivity index (χ1v) is 6.74. The Balaban J connectivity index is 2.15. The van der Waals surface area contributed by atoms with Crippen LogP contribution in [0.5, 0.6) is 5.75 Å². The molecule has 0 saturated carbocycles. The van der Waals surface area contributed by atoms with Crippen LogP contribution in [-0.2, 0) is 4.79 Å². The van der Waals surface area contributed by atoms with Gasteiger partial charge in [0.1, 0.15) is 5.75 Å². The summed E-state index contributed by atoms with van der Waals surface area (Å²) >= 11 is 0. The molecule has 8 heteroatoms. The van der Waals surface area contributed by atoms with Gasteiger partial charge < -0.3 is 15.4 Å². The first-order valence-electron chi connectivity index (χ1n) is 6.74. The van der Waals surface area contributed by atoms with Crippen LogP contribution in [0.2, 0.25) is 0 Å². The van der Waals surface area contributed by atoms with E-state index in [9.17, 15) is 22.8 Å². The lowest BCUT2D eigenvalue weighted by Gasteiger charge is -2.11. The number of hydrogen-bond acceptors (Lipinski definition) is 3. The lowest BCUT2D eigenvalue weighted by atomic mass is 10.2. The largest absolute Gasteiger partial charge is 0.496 e. The van der Waals surface area contributed by atoms with Crippen LogP contribution < -0.4 is 15.4 Å². The summed E-state index contributed by atoms with van der Waals surface area (Å²) in [5.41, 5.74) is 0.408. The Labute approximate surface area is 135 Å². The van der Waals surface area contributed by atoms with Gasteiger partial charge in [-0.05, 0) is 30.3 Å². The van der Waals surface area contributed by atoms with Crippen molar-refractivity contribution in [2.45, 2.75) is 6.18 Å². The van der Waals surface area contributed by atoms with Crippen LogP contribution in [0.1, 0.15) is 10.4 Å². The molecule has 0 aliphatic carbocycles. The van der Waals surface area contributed by atoms with Crippen molar-refractivity contribution in [1.29, 1.82) is 0 Å². The van der Waals surface area contributed by atoms with E-state index in [2.05, 4.69) is 5.32 Å². The third-order valence-corrected chi connectivity index (χ3v) is 2.99. The average molecular weight is 338 g/mol. The normalized spacial score (nSPS) is 10.8. The van der Waals surface area contributed by atoms with Crippen LogP contribution in [0, 0.1) is 0 Å². The highest BCUT2D eigenvalue weighted by atomic mass is 19.4. The maximum atomic E-state index is 12.3. The fourth-order valence-electron chi connectivity index (χ4n) is 1.91. The van der Waals surface area contributed by atoms with Gasteiger partial charge in [0.05, 0.1) is 12.7 Å². The molecule has 0 spiro atoms. The van der Waals surface area contributed by atoms with Gasteiger partial charge in [0, 0.05) is 11.4 Å². The molecule has 0 saturated heterocycles. The molecule has 24 heavy (non-hydrogen) atoms. The highest BCUT2D eigenvalue weighted by molar-refractivity contribution is 6.06. The Kier molecular flexibility index (Phi) is 5.08. The van der Waals surface area contributed by atoms with Gasteiger partial charge in [-0.3, -0.25) is 9.59 Å². The highest BCUT2D eigenvalue weighted by Gasteiger charge is 2.38. The van der Waals surface area contributed by atoms with Gasteiger partial charge in [-0.2, -0.15) is 13.2 Å². The third kappa shape index (κ3) is 4.25. The zero-order valence-electron chi connectivity index (χ0n) is 12.5. The molecule has 0 aliphatic rings. The zero-order chi connectivity index (χ0) is 17.7. The van der Waals surface area contributed by atoms with E-state index in [1.165, 1.54) is 31.4 Å². The van der Waals surface area contributed by atoms with E-state index >= 15 is 0 Å². The minimum absolute atomic E-state index is 0.0878. The summed E-state index contributed by atoms with van der Waals surface area (Å²) in [7, 11) is 1.42. The predicted octanol–water partition coefficient (Wildman–Crippen LogP) is 3.45. The molecule has 0 bridgehead atoms. The van der Waals surface area contributed by atoms with Crippen LogP contribution in [0.3, 0.4) is 0 Å². The molecule has 0 fully saturated rings. The minimum Gasteiger partial charge on any atom is -0.496 e. The number of methoxy groups -OCH3 is 1. The molecule has 0 aliphatic heterocycles. The van der Waals surface area contributed by atoms with Crippen molar-refractivity contribution in [3.63, 3.8) is 0 Å². The van der Waals surface area contributed by atoms with Crippen LogP contribution >= 0.6 is 0 Å². The van der Waals surface area contributed by atoms with E-state index in [4.69, 9.17) is 4.74 Å². The lowest BCUT2D eigenvalue weighted by Crippen LogP contribution is -2.29. The van der Waals surface area contributed by atoms with Crippen molar-refractivity contribution < 1.29 is 27.5 Å². The summed E-state index contributed by atoms with van der Waals surface area (Å²) in [6, 6.07) is 11.9. The number of ether oxygens (including phenoxy) is 1. The second-order valence-corrected chi connectivity index (χ2v) is 4.69. The number of nitrogens with one attached hydrogen (secondary N) is 2. The van der Waals surface area contributed by atoms with Crippen molar-refractivity contribution in [3.05, 3.63) is 54.1 Å². The van der Waals surface area contributed by atoms with E-state index in [1.54, 1.807) is 29.6 Å². The minimum atomic E-state index is -4.99. The van der Waals surface area contributed by atoms with E-state index in [0.29, 0.717) is 5.75 Å². The Morgan fingerprint density at radius 2 is 1.58 bits per heavy atom. The zero-order valence-corrected chi connectivity index (χ0v) is 12.5. The average Bonchev–Trinajstić information content (AvgIpc) is 2.54. The molecule has 126 valence electrons. The van der Waals surface area contributed by atoms with E-state index in [-0.39, 0.29) is 16.9 Å². The SMILES string of the molecule is COc1ccccc1C(=O)Nc1cccc(NC(=O)C(F)(F)F)c1. The second-order valence-electron chi connectivity index (χ2n) is 4.69. The van der Waals surface area contributed by atoms with Gasteiger partial charge >= 0.3 is 12.1 Å². The molecule has 0 radical (unpaired) electrons. The van der Waals surface area contributed by atoms with Gasteiger partial charge in [0.25, 0.3) is 5.91 Å². The molecular formula is C16H13F3N2O3. The number of hydrogen-bond donors (Lipinski definition) is 2. The van der Waals surface area contributed by atoms with Crippen molar-refractivity contribution in [2.24, 2.45) is 0 Å². The maximum Gasteiger partial charge on any atom is 0.471 e. The van der Waals surface area contributed by atoms with Gasteiger partial charge in [-0.15, -0.1) is 0 Å². The van der Waals surface area contributed by atoms with Crippen LogP contribution in [0.15, 0.2) is 48.5 Å². The summed E-state index contributed by atoms with van der Waals surface area (Å²) in [6.07, 6.45) is -4.99. The van der Waals surface area contributed by atoms with Crippen LogP contribution in [0.25, 0.3) is 0 Å². The van der Waals surface area contributed by atoms with Crippen molar-refractivity contribution in [3.8, 4) is 5.75 Å². The third-order valence-electron chi connectivity index (χ3n) is 2.99. The topological polar surface area (TPSA) is 67.4 Å². The Hall–Kier alpha value is -3.03. The monoisotopic (exact) mass is 338 g/mol. The number of alkyl halides is 3. The number of carbonyl (C=O) groups excluding carboxylic acids is 2. The Bertz CT molecular complexity index is 760. The van der Waals surface area contributed by atoms with Crippen molar-refractivity contribution >= 4 is 23.2 Å². The molecule has 0 unspecified atom stereocenters. The van der Waals surface area contributed by atoms with Gasteiger partial charge in [0.2, 0.25) is 0 Å². The van der Waals surface area contributed by atoms with E-state index < -0.39 is 18.0 Å². The number of amides is 2. The van der Waals surface area contributed by atoms with Crippen LogP contribution in [-0.4, -0.2) is 25.1 Å². The number of carbonyl (C=O) groups is 2. The summed E-state index contributed by atoms with van der Waals surface area (Å²) in [5, 5.41) is 4.25. The first kappa shape index (κ1) is 17.3. The molecule has 2 aromatic carbocycles. The Morgan fingerprint density at radius 3 is 2.21 bits per heavy atom. The second kappa shape index (κ2) is 7.03. The molecular weight excluding hydrogens is 325 g/mol. The lowest BCUT2D eigenvalue weighted by molar-refractivity contribution is -0.167.